The van der Waals surface area contributed by atoms with Crippen molar-refractivity contribution in [2.45, 2.75) is 0 Å². The van der Waals surface area contributed by atoms with Crippen molar-refractivity contribution in [2.75, 3.05) is 26.3 Å². The normalized spacial score (nSPS) is 9.54. The molecular formula is C9H12NO3-. The molecular weight excluding hydrogens is 170 g/mol. The van der Waals surface area contributed by atoms with Gasteiger partial charge in [-0.1, -0.05) is 0 Å². The molecule has 1 rings (SSSR count). The molecule has 0 spiro atoms. The minimum absolute atomic E-state index is 0.460. The Hall–Kier alpha value is -1.42. The van der Waals surface area contributed by atoms with Crippen LogP contribution in [-0.4, -0.2) is 21.3 Å². The van der Waals surface area contributed by atoms with E-state index in [1.54, 1.807) is 25.3 Å². The summed E-state index contributed by atoms with van der Waals surface area (Å²) < 4.78 is 9.99. The highest BCUT2D eigenvalue weighted by molar-refractivity contribution is 5.61. The first-order valence-electron chi connectivity index (χ1n) is 3.82. The number of rotatable bonds is 3. The summed E-state index contributed by atoms with van der Waals surface area (Å²) in [7, 11) is 4.49. The average Bonchev–Trinajstić information content (AvgIpc) is 2.16. The molecule has 0 heterocycles. The Bertz CT molecular complexity index is 286. The number of benzene rings is 1. The van der Waals surface area contributed by atoms with Crippen molar-refractivity contribution in [2.24, 2.45) is 0 Å². The fraction of sp³-hybridized carbons (Fsp3) is 0.333. The van der Waals surface area contributed by atoms with E-state index in [9.17, 15) is 5.21 Å². The lowest BCUT2D eigenvalue weighted by molar-refractivity contribution is 0.404. The van der Waals surface area contributed by atoms with Gasteiger partial charge in [0.05, 0.1) is 19.9 Å². The summed E-state index contributed by atoms with van der Waals surface area (Å²) in [5.41, 5.74) is 0.460. The third kappa shape index (κ3) is 2.03. The van der Waals surface area contributed by atoms with Crippen LogP contribution in [-0.2, 0) is 0 Å². The van der Waals surface area contributed by atoms with E-state index in [1.165, 1.54) is 14.2 Å². The second kappa shape index (κ2) is 4.00. The maximum Gasteiger partial charge on any atom is 0.141 e. The molecule has 0 unspecified atom stereocenters. The van der Waals surface area contributed by atoms with E-state index in [4.69, 9.17) is 9.47 Å². The third-order valence-electron chi connectivity index (χ3n) is 1.73. The molecule has 0 aliphatic carbocycles. The van der Waals surface area contributed by atoms with Crippen LogP contribution in [0.4, 0.5) is 5.69 Å². The average molecular weight is 182 g/mol. The van der Waals surface area contributed by atoms with Gasteiger partial charge in [0.2, 0.25) is 0 Å². The van der Waals surface area contributed by atoms with Crippen molar-refractivity contribution < 1.29 is 9.47 Å². The minimum atomic E-state index is 0.460. The summed E-state index contributed by atoms with van der Waals surface area (Å²) in [5.74, 6) is 1.18. The van der Waals surface area contributed by atoms with Crippen LogP contribution in [0.5, 0.6) is 11.5 Å². The largest absolute Gasteiger partial charge is 0.758 e. The van der Waals surface area contributed by atoms with Crippen LogP contribution in [0, 0.1) is 5.21 Å². The molecule has 0 fully saturated rings. The standard InChI is InChI=1S/C9H12NO3/c1-10(11)8-6-7(12-2)4-5-9(8)13-3/h4-6H,1-3H3/q-1. The van der Waals surface area contributed by atoms with E-state index < -0.39 is 0 Å². The highest BCUT2D eigenvalue weighted by Gasteiger charge is 2.03. The lowest BCUT2D eigenvalue weighted by Crippen LogP contribution is -2.07. The van der Waals surface area contributed by atoms with Gasteiger partial charge < -0.3 is 19.7 Å². The molecule has 0 atom stereocenters. The Labute approximate surface area is 77.3 Å². The van der Waals surface area contributed by atoms with E-state index >= 15 is 0 Å². The molecule has 0 amide bonds. The molecule has 0 aliphatic rings. The first-order valence-corrected chi connectivity index (χ1v) is 3.82. The zero-order chi connectivity index (χ0) is 9.84. The van der Waals surface area contributed by atoms with E-state index in [2.05, 4.69) is 0 Å². The van der Waals surface area contributed by atoms with Gasteiger partial charge >= 0.3 is 0 Å². The van der Waals surface area contributed by atoms with Gasteiger partial charge in [0, 0.05) is 6.07 Å². The van der Waals surface area contributed by atoms with Crippen LogP contribution in [0.3, 0.4) is 0 Å². The van der Waals surface area contributed by atoms with Gasteiger partial charge in [-0.25, -0.2) is 0 Å². The van der Waals surface area contributed by atoms with Crippen molar-refractivity contribution in [3.63, 3.8) is 0 Å². The van der Waals surface area contributed by atoms with Crippen LogP contribution in [0.25, 0.3) is 0 Å². The van der Waals surface area contributed by atoms with Crippen molar-refractivity contribution in [1.82, 2.24) is 0 Å². The van der Waals surface area contributed by atoms with Crippen LogP contribution >= 0.6 is 0 Å². The first kappa shape index (κ1) is 9.67. The van der Waals surface area contributed by atoms with Crippen LogP contribution in [0.15, 0.2) is 18.2 Å². The van der Waals surface area contributed by atoms with Gasteiger partial charge in [0.25, 0.3) is 0 Å². The highest BCUT2D eigenvalue weighted by Crippen LogP contribution is 2.30. The van der Waals surface area contributed by atoms with Gasteiger partial charge in [0.15, 0.2) is 0 Å². The minimum Gasteiger partial charge on any atom is -0.758 e. The van der Waals surface area contributed by atoms with Gasteiger partial charge in [-0.2, -0.15) is 0 Å². The van der Waals surface area contributed by atoms with Crippen molar-refractivity contribution >= 4 is 5.69 Å². The number of hydroxylamine groups is 1. The van der Waals surface area contributed by atoms with Crippen molar-refractivity contribution in [1.29, 1.82) is 0 Å². The zero-order valence-electron chi connectivity index (χ0n) is 7.90. The van der Waals surface area contributed by atoms with Gasteiger partial charge in [0.1, 0.15) is 11.5 Å². The topological polar surface area (TPSA) is 44.8 Å². The molecule has 1 aromatic carbocycles. The molecule has 0 saturated heterocycles. The van der Waals surface area contributed by atoms with E-state index in [0.29, 0.717) is 17.2 Å². The lowest BCUT2D eigenvalue weighted by Gasteiger charge is -2.26. The van der Waals surface area contributed by atoms with E-state index in [1.807, 2.05) is 0 Å². The number of nitrogens with zero attached hydrogens (tertiary/aromatic N) is 1. The Kier molecular flexibility index (Phi) is 2.97. The summed E-state index contributed by atoms with van der Waals surface area (Å²) in [6.07, 6.45) is 0. The molecule has 72 valence electrons. The fourth-order valence-electron chi connectivity index (χ4n) is 1.04. The SMILES string of the molecule is COc1ccc(OC)c(N(C)[O-])c1. The predicted molar refractivity (Wildman–Crippen MR) is 51.3 cm³/mol. The summed E-state index contributed by atoms with van der Waals surface area (Å²) in [6.45, 7) is 0. The van der Waals surface area contributed by atoms with E-state index in [0.717, 1.165) is 5.06 Å². The lowest BCUT2D eigenvalue weighted by atomic mass is 10.2. The van der Waals surface area contributed by atoms with Crippen LogP contribution in [0.1, 0.15) is 0 Å². The number of hydrogen-bond acceptors (Lipinski definition) is 4. The molecule has 13 heavy (non-hydrogen) atoms. The Morgan fingerprint density at radius 2 is 1.92 bits per heavy atom. The van der Waals surface area contributed by atoms with Crippen LogP contribution < -0.4 is 14.5 Å². The molecule has 0 aromatic heterocycles. The van der Waals surface area contributed by atoms with Gasteiger partial charge in [-0.3, -0.25) is 0 Å². The first-order chi connectivity index (χ1) is 6.19. The summed E-state index contributed by atoms with van der Waals surface area (Å²) in [5, 5.41) is 11.8. The van der Waals surface area contributed by atoms with Crippen molar-refractivity contribution in [3.8, 4) is 11.5 Å². The Balaban J connectivity index is 3.10. The summed E-state index contributed by atoms with van der Waals surface area (Å²) in [6, 6.07) is 5.07. The van der Waals surface area contributed by atoms with E-state index in [-0.39, 0.29) is 0 Å². The third-order valence-corrected chi connectivity index (χ3v) is 1.73. The molecule has 0 bridgehead atoms. The molecule has 0 aliphatic heterocycles. The molecule has 0 radical (unpaired) electrons. The molecule has 1 aromatic rings. The maximum atomic E-state index is 11.1. The number of hydrogen-bond donors (Lipinski definition) is 0. The number of ether oxygens (including phenoxy) is 2. The maximum absolute atomic E-state index is 11.1. The Morgan fingerprint density at radius 1 is 1.23 bits per heavy atom. The molecule has 0 N–H and O–H groups in total. The second-order valence-corrected chi connectivity index (χ2v) is 2.54. The van der Waals surface area contributed by atoms with Gasteiger partial charge in [-0.05, 0) is 19.2 Å². The highest BCUT2D eigenvalue weighted by atomic mass is 16.5. The smallest absolute Gasteiger partial charge is 0.141 e. The molecule has 4 nitrogen and oxygen atoms in total. The summed E-state index contributed by atoms with van der Waals surface area (Å²) in [4.78, 5) is 0. The molecule has 4 heteroatoms. The predicted octanol–water partition coefficient (Wildman–Crippen LogP) is 1.64. The summed E-state index contributed by atoms with van der Waals surface area (Å²) >= 11 is 0. The molecule has 0 saturated carbocycles. The second-order valence-electron chi connectivity index (χ2n) is 2.54. The Morgan fingerprint density at radius 3 is 2.38 bits per heavy atom. The van der Waals surface area contributed by atoms with Crippen LogP contribution in [0.2, 0.25) is 0 Å². The van der Waals surface area contributed by atoms with Crippen molar-refractivity contribution in [3.05, 3.63) is 23.4 Å². The zero-order valence-corrected chi connectivity index (χ0v) is 7.90. The van der Waals surface area contributed by atoms with Gasteiger partial charge in [-0.15, -0.1) is 0 Å². The fourth-order valence-corrected chi connectivity index (χ4v) is 1.04. The quantitative estimate of drug-likeness (QED) is 0.666. The monoisotopic (exact) mass is 182 g/mol. The number of anilines is 1. The number of methoxy groups -OCH3 is 2.